The van der Waals surface area contributed by atoms with Crippen LogP contribution < -0.4 is 10.1 Å². The highest BCUT2D eigenvalue weighted by Gasteiger charge is 2.19. The number of nitrogens with zero attached hydrogens (tertiary/aromatic N) is 1. The van der Waals surface area contributed by atoms with Crippen molar-refractivity contribution in [3.8, 4) is 5.75 Å². The van der Waals surface area contributed by atoms with E-state index in [9.17, 15) is 14.9 Å². The van der Waals surface area contributed by atoms with Crippen LogP contribution in [0.5, 0.6) is 5.75 Å². The fourth-order valence-corrected chi connectivity index (χ4v) is 2.25. The molecule has 0 radical (unpaired) electrons. The minimum absolute atomic E-state index is 0.0570. The van der Waals surface area contributed by atoms with E-state index in [-0.39, 0.29) is 22.0 Å². The molecule has 0 aliphatic rings. The molecule has 0 atom stereocenters. The van der Waals surface area contributed by atoms with Crippen LogP contribution in [-0.4, -0.2) is 31.2 Å². The lowest BCUT2D eigenvalue weighted by molar-refractivity contribution is -0.384. The van der Waals surface area contributed by atoms with Crippen LogP contribution >= 0.6 is 11.6 Å². The molecule has 2 aromatic carbocycles. The molecule has 8 heteroatoms. The van der Waals surface area contributed by atoms with Gasteiger partial charge < -0.3 is 14.8 Å². The zero-order chi connectivity index (χ0) is 18.4. The quantitative estimate of drug-likeness (QED) is 0.264. The third kappa shape index (κ3) is 4.91. The molecule has 0 spiro atoms. The van der Waals surface area contributed by atoms with E-state index < -0.39 is 10.9 Å². The number of benzene rings is 2. The second-order valence-corrected chi connectivity index (χ2v) is 5.64. The monoisotopic (exact) mass is 364 g/mol. The molecule has 0 saturated carbocycles. The van der Waals surface area contributed by atoms with Gasteiger partial charge in [-0.3, -0.25) is 10.1 Å². The van der Waals surface area contributed by atoms with Crippen molar-refractivity contribution in [2.45, 2.75) is 6.92 Å². The number of esters is 1. The maximum absolute atomic E-state index is 12.3. The van der Waals surface area contributed by atoms with Crippen molar-refractivity contribution >= 4 is 28.9 Å². The summed E-state index contributed by atoms with van der Waals surface area (Å²) in [7, 11) is 1.53. The van der Waals surface area contributed by atoms with Crippen LogP contribution in [0.2, 0.25) is 5.02 Å². The number of nitrogens with one attached hydrogen (secondary N) is 1. The fourth-order valence-electron chi connectivity index (χ4n) is 2.09. The van der Waals surface area contributed by atoms with Gasteiger partial charge in [0.25, 0.3) is 5.69 Å². The van der Waals surface area contributed by atoms with Gasteiger partial charge in [-0.2, -0.15) is 0 Å². The second-order valence-electron chi connectivity index (χ2n) is 5.23. The lowest BCUT2D eigenvalue weighted by atomic mass is 10.1. The molecular weight excluding hydrogens is 348 g/mol. The Labute approximate surface area is 149 Å². The van der Waals surface area contributed by atoms with E-state index in [1.54, 1.807) is 18.2 Å². The predicted octanol–water partition coefficient (Wildman–Crippen LogP) is 3.83. The van der Waals surface area contributed by atoms with E-state index in [2.05, 4.69) is 5.32 Å². The van der Waals surface area contributed by atoms with Crippen LogP contribution in [0.15, 0.2) is 36.4 Å². The van der Waals surface area contributed by atoms with Gasteiger partial charge in [-0.15, -0.1) is 0 Å². The minimum Gasteiger partial charge on any atom is -0.421 e. The highest BCUT2D eigenvalue weighted by Crippen LogP contribution is 2.28. The number of nitro groups is 1. The zero-order valence-electron chi connectivity index (χ0n) is 13.7. The highest BCUT2D eigenvalue weighted by molar-refractivity contribution is 6.32. The lowest BCUT2D eigenvalue weighted by Gasteiger charge is -2.09. The molecule has 0 unspecified atom stereocenters. The van der Waals surface area contributed by atoms with Gasteiger partial charge in [0, 0.05) is 19.7 Å². The van der Waals surface area contributed by atoms with Crippen LogP contribution in [0.1, 0.15) is 15.9 Å². The molecule has 7 nitrogen and oxygen atoms in total. The third-order valence-electron chi connectivity index (χ3n) is 3.34. The summed E-state index contributed by atoms with van der Waals surface area (Å²) < 4.78 is 10.1. The van der Waals surface area contributed by atoms with Crippen molar-refractivity contribution < 1.29 is 19.2 Å². The number of hydrogen-bond donors (Lipinski definition) is 1. The largest absolute Gasteiger partial charge is 0.421 e. The van der Waals surface area contributed by atoms with E-state index >= 15 is 0 Å². The molecule has 1 N–H and O–H groups in total. The smallest absolute Gasteiger partial charge is 0.343 e. The Balaban J connectivity index is 2.23. The van der Waals surface area contributed by atoms with Gasteiger partial charge in [-0.25, -0.2) is 4.79 Å². The Morgan fingerprint density at radius 1 is 1.28 bits per heavy atom. The molecule has 2 aromatic rings. The van der Waals surface area contributed by atoms with Crippen LogP contribution in [0.25, 0.3) is 0 Å². The normalized spacial score (nSPS) is 10.4. The van der Waals surface area contributed by atoms with E-state index in [4.69, 9.17) is 21.1 Å². The van der Waals surface area contributed by atoms with Crippen molar-refractivity contribution in [3.63, 3.8) is 0 Å². The van der Waals surface area contributed by atoms with Gasteiger partial charge in [0.05, 0.1) is 22.1 Å². The second kappa shape index (κ2) is 8.46. The first-order valence-electron chi connectivity index (χ1n) is 7.42. The van der Waals surface area contributed by atoms with Crippen molar-refractivity contribution in [2.24, 2.45) is 0 Å². The number of aryl methyl sites for hydroxylation is 1. The molecule has 0 aliphatic carbocycles. The first-order valence-corrected chi connectivity index (χ1v) is 7.79. The van der Waals surface area contributed by atoms with Gasteiger partial charge >= 0.3 is 5.97 Å². The first kappa shape index (κ1) is 18.7. The molecular formula is C17H17ClN2O5. The molecule has 0 fully saturated rings. The number of nitro benzene ring substituents is 1. The van der Waals surface area contributed by atoms with Gasteiger partial charge in [-0.1, -0.05) is 17.7 Å². The van der Waals surface area contributed by atoms with Gasteiger partial charge in [0.15, 0.2) is 0 Å². The lowest BCUT2D eigenvalue weighted by Crippen LogP contribution is -2.12. The van der Waals surface area contributed by atoms with Crippen LogP contribution in [0.4, 0.5) is 11.4 Å². The summed E-state index contributed by atoms with van der Waals surface area (Å²) >= 11 is 6.00. The van der Waals surface area contributed by atoms with Crippen molar-refractivity contribution in [1.29, 1.82) is 0 Å². The number of halogens is 1. The fraction of sp³-hybridized carbons (Fsp3) is 0.235. The zero-order valence-corrected chi connectivity index (χ0v) is 14.5. The summed E-state index contributed by atoms with van der Waals surface area (Å²) in [6.45, 7) is 2.63. The molecule has 2 rings (SSSR count). The number of rotatable bonds is 7. The molecule has 0 bridgehead atoms. The average Bonchev–Trinajstić information content (AvgIpc) is 2.58. The summed E-state index contributed by atoms with van der Waals surface area (Å²) in [6, 6.07) is 9.10. The summed E-state index contributed by atoms with van der Waals surface area (Å²) in [5, 5.41) is 14.4. The van der Waals surface area contributed by atoms with Gasteiger partial charge in [-0.05, 0) is 36.8 Å². The molecule has 25 heavy (non-hydrogen) atoms. The SMILES string of the molecule is COCCNc1ccc(C(=O)Oc2cc(C)ccc2Cl)cc1[N+](=O)[O-]. The van der Waals surface area contributed by atoms with Crippen LogP contribution in [0.3, 0.4) is 0 Å². The number of carbonyl (C=O) groups excluding carboxylic acids is 1. The molecule has 0 heterocycles. The highest BCUT2D eigenvalue weighted by atomic mass is 35.5. The number of anilines is 1. The number of methoxy groups -OCH3 is 1. The first-order chi connectivity index (χ1) is 11.9. The summed E-state index contributed by atoms with van der Waals surface area (Å²) in [6.07, 6.45) is 0. The topological polar surface area (TPSA) is 90.7 Å². The predicted molar refractivity (Wildman–Crippen MR) is 94.6 cm³/mol. The standard InChI is InChI=1S/C17H17ClN2O5/c1-11-3-5-13(18)16(9-11)25-17(21)12-4-6-14(19-7-8-24-2)15(10-12)20(22)23/h3-6,9-10,19H,7-8H2,1-2H3. The Hall–Kier alpha value is -2.64. The van der Waals surface area contributed by atoms with Gasteiger partial charge in [0.2, 0.25) is 0 Å². The average molecular weight is 365 g/mol. The van der Waals surface area contributed by atoms with E-state index in [1.165, 1.54) is 25.3 Å². The Morgan fingerprint density at radius 2 is 2.04 bits per heavy atom. The molecule has 0 aromatic heterocycles. The number of ether oxygens (including phenoxy) is 2. The Kier molecular flexibility index (Phi) is 6.32. The van der Waals surface area contributed by atoms with Crippen molar-refractivity contribution in [3.05, 3.63) is 62.7 Å². The van der Waals surface area contributed by atoms with Gasteiger partial charge in [0.1, 0.15) is 11.4 Å². The molecule has 132 valence electrons. The van der Waals surface area contributed by atoms with E-state index in [0.29, 0.717) is 18.8 Å². The number of hydrogen-bond acceptors (Lipinski definition) is 6. The maximum Gasteiger partial charge on any atom is 0.343 e. The summed E-state index contributed by atoms with van der Waals surface area (Å²) in [5.74, 6) is -0.518. The van der Waals surface area contributed by atoms with Crippen molar-refractivity contribution in [1.82, 2.24) is 0 Å². The molecule has 0 amide bonds. The summed E-state index contributed by atoms with van der Waals surface area (Å²) in [5.41, 5.74) is 1.01. The van der Waals surface area contributed by atoms with E-state index in [1.807, 2.05) is 6.92 Å². The summed E-state index contributed by atoms with van der Waals surface area (Å²) in [4.78, 5) is 23.0. The van der Waals surface area contributed by atoms with E-state index in [0.717, 1.165) is 5.56 Å². The minimum atomic E-state index is -0.723. The number of carbonyl (C=O) groups is 1. The Bertz CT molecular complexity index is 795. The Morgan fingerprint density at radius 3 is 2.72 bits per heavy atom. The molecule has 0 aliphatic heterocycles. The maximum atomic E-state index is 12.3. The molecule has 0 saturated heterocycles. The van der Waals surface area contributed by atoms with Crippen molar-refractivity contribution in [2.75, 3.05) is 25.6 Å². The third-order valence-corrected chi connectivity index (χ3v) is 3.65. The van der Waals surface area contributed by atoms with Crippen LogP contribution in [0, 0.1) is 17.0 Å². The van der Waals surface area contributed by atoms with Crippen LogP contribution in [-0.2, 0) is 4.74 Å².